The van der Waals surface area contributed by atoms with E-state index in [1.807, 2.05) is 12.4 Å². The van der Waals surface area contributed by atoms with Gasteiger partial charge in [-0.05, 0) is 26.0 Å². The summed E-state index contributed by atoms with van der Waals surface area (Å²) in [6.45, 7) is 4.44. The van der Waals surface area contributed by atoms with Crippen molar-refractivity contribution >= 4 is 22.9 Å². The molecule has 3 aromatic rings. The molecule has 5 nitrogen and oxygen atoms in total. The minimum atomic E-state index is 0.218. The van der Waals surface area contributed by atoms with Crippen molar-refractivity contribution in [3.8, 4) is 11.3 Å². The van der Waals surface area contributed by atoms with Gasteiger partial charge in [-0.25, -0.2) is 10.0 Å². The maximum Gasteiger partial charge on any atom is 0.135 e. The van der Waals surface area contributed by atoms with Gasteiger partial charge >= 0.3 is 0 Å². The van der Waals surface area contributed by atoms with Gasteiger partial charge in [0.05, 0.1) is 6.04 Å². The zero-order valence-electron chi connectivity index (χ0n) is 14.6. The van der Waals surface area contributed by atoms with E-state index in [1.165, 1.54) is 27.6 Å². The lowest BCUT2D eigenvalue weighted by Crippen LogP contribution is -2.29. The molecule has 5 rings (SSSR count). The number of benzene rings is 1. The molecule has 0 fully saturated rings. The zero-order chi connectivity index (χ0) is 17.1. The predicted octanol–water partition coefficient (Wildman–Crippen LogP) is 4.31. The van der Waals surface area contributed by atoms with Gasteiger partial charge in [0, 0.05) is 65.0 Å². The van der Waals surface area contributed by atoms with Crippen molar-refractivity contribution in [2.24, 2.45) is 4.99 Å². The van der Waals surface area contributed by atoms with E-state index in [2.05, 4.69) is 82.4 Å². The number of aromatic nitrogens is 2. The van der Waals surface area contributed by atoms with Crippen LogP contribution in [-0.2, 0) is 0 Å². The lowest BCUT2D eigenvalue weighted by Gasteiger charge is -2.23. The van der Waals surface area contributed by atoms with Crippen molar-refractivity contribution in [1.29, 1.82) is 0 Å². The third-order valence-electron chi connectivity index (χ3n) is 5.19. The number of aromatic amines is 1. The first kappa shape index (κ1) is 14.5. The summed E-state index contributed by atoms with van der Waals surface area (Å²) in [7, 11) is 2.06. The standard InChI is InChI=1S/C20H21N5/c1-12(2)25-11-16(14-6-4-5-7-18(14)25)17-8-15-19-13(10-22-24(19)3)9-21-20(15)23-17/h4-12,19,22-23H,1-3H3. The molecule has 2 aliphatic heterocycles. The Morgan fingerprint density at radius 2 is 2.04 bits per heavy atom. The molecule has 5 heteroatoms. The first-order chi connectivity index (χ1) is 12.1. The monoisotopic (exact) mass is 331 g/mol. The molecule has 1 aromatic carbocycles. The van der Waals surface area contributed by atoms with E-state index in [1.54, 1.807) is 0 Å². The maximum atomic E-state index is 4.62. The molecule has 4 heterocycles. The fraction of sp³-hybridized carbons (Fsp3) is 0.250. The molecular formula is C20H21N5. The van der Waals surface area contributed by atoms with Gasteiger partial charge in [-0.1, -0.05) is 18.2 Å². The number of hydrogen-bond donors (Lipinski definition) is 2. The van der Waals surface area contributed by atoms with Crippen molar-refractivity contribution in [1.82, 2.24) is 20.0 Å². The normalized spacial score (nSPS) is 19.2. The minimum Gasteiger partial charge on any atom is -0.344 e. The summed E-state index contributed by atoms with van der Waals surface area (Å²) in [4.78, 5) is 8.15. The molecule has 2 aromatic heterocycles. The molecule has 2 aliphatic rings. The average molecular weight is 331 g/mol. The Morgan fingerprint density at radius 3 is 2.88 bits per heavy atom. The Bertz CT molecular complexity index is 1030. The number of likely N-dealkylation sites (N-methyl/N-ethyl adjacent to an activating group) is 1. The van der Waals surface area contributed by atoms with Gasteiger partial charge in [0.15, 0.2) is 0 Å². The Morgan fingerprint density at radius 1 is 1.20 bits per heavy atom. The molecule has 0 amide bonds. The van der Waals surface area contributed by atoms with Gasteiger partial charge in [-0.3, -0.25) is 0 Å². The van der Waals surface area contributed by atoms with Crippen LogP contribution < -0.4 is 5.43 Å². The third kappa shape index (κ3) is 2.02. The summed E-state index contributed by atoms with van der Waals surface area (Å²) >= 11 is 0. The second-order valence-corrected chi connectivity index (χ2v) is 7.09. The summed E-state index contributed by atoms with van der Waals surface area (Å²) in [6, 6.07) is 11.5. The molecule has 0 saturated carbocycles. The molecule has 0 spiro atoms. The third-order valence-corrected chi connectivity index (χ3v) is 5.19. The van der Waals surface area contributed by atoms with Crippen molar-refractivity contribution in [2.75, 3.05) is 7.05 Å². The van der Waals surface area contributed by atoms with Crippen molar-refractivity contribution in [3.05, 3.63) is 53.9 Å². The van der Waals surface area contributed by atoms with Crippen LogP contribution in [-0.4, -0.2) is 27.8 Å². The van der Waals surface area contributed by atoms with E-state index in [0.717, 1.165) is 11.5 Å². The summed E-state index contributed by atoms with van der Waals surface area (Å²) in [5.74, 6) is 0.953. The van der Waals surface area contributed by atoms with Gasteiger partial charge in [0.1, 0.15) is 5.82 Å². The van der Waals surface area contributed by atoms with Crippen LogP contribution in [0.4, 0.5) is 5.82 Å². The molecule has 0 bridgehead atoms. The first-order valence-electron chi connectivity index (χ1n) is 8.69. The van der Waals surface area contributed by atoms with Gasteiger partial charge < -0.3 is 15.0 Å². The lowest BCUT2D eigenvalue weighted by atomic mass is 10.00. The number of nitrogens with zero attached hydrogens (tertiary/aromatic N) is 3. The number of H-pyrrole nitrogens is 1. The molecule has 0 radical (unpaired) electrons. The van der Waals surface area contributed by atoms with E-state index < -0.39 is 0 Å². The second-order valence-electron chi connectivity index (χ2n) is 7.09. The molecule has 0 aliphatic carbocycles. The zero-order valence-corrected chi connectivity index (χ0v) is 14.6. The van der Waals surface area contributed by atoms with Gasteiger partial charge in [0.25, 0.3) is 0 Å². The van der Waals surface area contributed by atoms with Crippen LogP contribution in [0.25, 0.3) is 22.2 Å². The summed E-state index contributed by atoms with van der Waals surface area (Å²) in [5.41, 5.74) is 9.30. The number of hydrogen-bond acceptors (Lipinski definition) is 3. The van der Waals surface area contributed by atoms with Gasteiger partial charge in [-0.15, -0.1) is 0 Å². The molecule has 2 N–H and O–H groups in total. The molecule has 25 heavy (non-hydrogen) atoms. The fourth-order valence-corrected chi connectivity index (χ4v) is 3.96. The van der Waals surface area contributed by atoms with E-state index in [4.69, 9.17) is 0 Å². The van der Waals surface area contributed by atoms with Crippen LogP contribution in [0.1, 0.15) is 31.5 Å². The molecule has 1 atom stereocenters. The Hall–Kier alpha value is -2.79. The largest absolute Gasteiger partial charge is 0.344 e. The number of para-hydroxylation sites is 1. The SMILES string of the molecule is CC(C)n1cc(-c2cc3c([nH]2)N=CC2=CNN(C)C23)c2ccccc21. The fourth-order valence-electron chi connectivity index (χ4n) is 3.96. The quantitative estimate of drug-likeness (QED) is 0.735. The summed E-state index contributed by atoms with van der Waals surface area (Å²) < 4.78 is 2.34. The maximum absolute atomic E-state index is 4.62. The molecular weight excluding hydrogens is 310 g/mol. The molecule has 1 unspecified atom stereocenters. The summed E-state index contributed by atoms with van der Waals surface area (Å²) in [6.07, 6.45) is 6.22. The first-order valence-corrected chi connectivity index (χ1v) is 8.69. The van der Waals surface area contributed by atoms with Gasteiger partial charge in [-0.2, -0.15) is 0 Å². The number of hydrazine groups is 1. The Labute approximate surface area is 146 Å². The van der Waals surface area contributed by atoms with E-state index in [0.29, 0.717) is 6.04 Å². The Kier molecular flexibility index (Phi) is 2.97. The highest BCUT2D eigenvalue weighted by atomic mass is 15.5. The van der Waals surface area contributed by atoms with E-state index >= 15 is 0 Å². The van der Waals surface area contributed by atoms with Crippen molar-refractivity contribution in [2.45, 2.75) is 25.9 Å². The van der Waals surface area contributed by atoms with Crippen molar-refractivity contribution < 1.29 is 0 Å². The lowest BCUT2D eigenvalue weighted by molar-refractivity contribution is 0.253. The molecule has 0 saturated heterocycles. The highest BCUT2D eigenvalue weighted by molar-refractivity contribution is 5.96. The highest BCUT2D eigenvalue weighted by Gasteiger charge is 2.32. The highest BCUT2D eigenvalue weighted by Crippen LogP contribution is 2.42. The van der Waals surface area contributed by atoms with Crippen LogP contribution in [0.2, 0.25) is 0 Å². The van der Waals surface area contributed by atoms with Crippen LogP contribution in [0.5, 0.6) is 0 Å². The van der Waals surface area contributed by atoms with E-state index in [9.17, 15) is 0 Å². The smallest absolute Gasteiger partial charge is 0.135 e. The van der Waals surface area contributed by atoms with Crippen molar-refractivity contribution in [3.63, 3.8) is 0 Å². The minimum absolute atomic E-state index is 0.218. The summed E-state index contributed by atoms with van der Waals surface area (Å²) in [5, 5.41) is 3.39. The van der Waals surface area contributed by atoms with Gasteiger partial charge in [0.2, 0.25) is 0 Å². The second kappa shape index (κ2) is 5.10. The van der Waals surface area contributed by atoms with Crippen LogP contribution in [0.3, 0.4) is 0 Å². The number of rotatable bonds is 2. The number of nitrogens with one attached hydrogen (secondary N) is 2. The molecule has 126 valence electrons. The van der Waals surface area contributed by atoms with Crippen LogP contribution >= 0.6 is 0 Å². The number of fused-ring (bicyclic) bond motifs is 4. The Balaban J connectivity index is 1.69. The predicted molar refractivity (Wildman–Crippen MR) is 102 cm³/mol. The topological polar surface area (TPSA) is 48.4 Å². The number of aliphatic imine (C=N–C) groups is 1. The van der Waals surface area contributed by atoms with Crippen LogP contribution in [0.15, 0.2) is 53.3 Å². The average Bonchev–Trinajstić information content (AvgIpc) is 3.28. The van der Waals surface area contributed by atoms with E-state index in [-0.39, 0.29) is 6.04 Å². The van der Waals surface area contributed by atoms with Crippen LogP contribution in [0, 0.1) is 0 Å².